The second kappa shape index (κ2) is 9.68. The number of amides is 1. The van der Waals surface area contributed by atoms with E-state index in [1.54, 1.807) is 30.3 Å². The second-order valence-electron chi connectivity index (χ2n) is 7.54. The van der Waals surface area contributed by atoms with Gasteiger partial charge in [-0.05, 0) is 42.8 Å². The number of hydrogen-bond donors (Lipinski definition) is 2. The summed E-state index contributed by atoms with van der Waals surface area (Å²) in [4.78, 5) is 11.8. The van der Waals surface area contributed by atoms with Crippen LogP contribution in [0.5, 0.6) is 0 Å². The molecule has 2 aromatic heterocycles. The van der Waals surface area contributed by atoms with Gasteiger partial charge < -0.3 is 15.5 Å². The minimum absolute atomic E-state index is 0.0345. The average Bonchev–Trinajstić information content (AvgIpc) is 3.47. The number of nitrogens with one attached hydrogen (secondary N) is 1. The van der Waals surface area contributed by atoms with E-state index in [2.05, 4.69) is 20.6 Å². The van der Waals surface area contributed by atoms with Crippen LogP contribution in [0.15, 0.2) is 52.9 Å². The Balaban J connectivity index is 1.73. The van der Waals surface area contributed by atoms with Gasteiger partial charge in [-0.3, -0.25) is 4.79 Å². The maximum absolute atomic E-state index is 13.5. The first kappa shape index (κ1) is 24.7. The summed E-state index contributed by atoms with van der Waals surface area (Å²) in [5.74, 6) is -0.521. The number of nitrogens with two attached hydrogens (primary N) is 1. The van der Waals surface area contributed by atoms with Crippen LogP contribution in [0.3, 0.4) is 0 Å². The molecule has 0 bridgehead atoms. The largest absolute Gasteiger partial charge is 0.435 e. The van der Waals surface area contributed by atoms with Gasteiger partial charge in [0.15, 0.2) is 5.69 Å². The van der Waals surface area contributed by atoms with E-state index in [9.17, 15) is 18.0 Å². The highest BCUT2D eigenvalue weighted by atomic mass is 35.5. The van der Waals surface area contributed by atoms with Crippen LogP contribution < -0.4 is 11.1 Å². The maximum Gasteiger partial charge on any atom is 0.435 e. The molecule has 0 saturated carbocycles. The predicted molar refractivity (Wildman–Crippen MR) is 123 cm³/mol. The van der Waals surface area contributed by atoms with Gasteiger partial charge in [0.2, 0.25) is 11.8 Å². The quantitative estimate of drug-likeness (QED) is 0.371. The number of hydrogen-bond acceptors (Lipinski definition) is 6. The number of aromatic nitrogens is 4. The van der Waals surface area contributed by atoms with Gasteiger partial charge in [-0.1, -0.05) is 35.3 Å². The topological polar surface area (TPSA) is 112 Å². The van der Waals surface area contributed by atoms with Gasteiger partial charge in [-0.25, -0.2) is 4.68 Å². The Morgan fingerprint density at radius 1 is 1.11 bits per heavy atom. The van der Waals surface area contributed by atoms with Gasteiger partial charge in [-0.15, -0.1) is 10.2 Å². The molecule has 1 atom stereocenters. The van der Waals surface area contributed by atoms with E-state index in [-0.39, 0.29) is 40.6 Å². The van der Waals surface area contributed by atoms with Crippen LogP contribution in [0.25, 0.3) is 28.7 Å². The van der Waals surface area contributed by atoms with Crippen molar-refractivity contribution in [3.8, 4) is 28.7 Å². The van der Waals surface area contributed by atoms with Crippen LogP contribution in [-0.2, 0) is 17.5 Å². The molecule has 0 spiro atoms. The average molecular weight is 525 g/mol. The Morgan fingerprint density at radius 3 is 2.54 bits per heavy atom. The minimum atomic E-state index is -4.71. The molecule has 0 radical (unpaired) electrons. The van der Waals surface area contributed by atoms with Crippen molar-refractivity contribution >= 4 is 29.1 Å². The monoisotopic (exact) mass is 524 g/mol. The van der Waals surface area contributed by atoms with Crippen molar-refractivity contribution in [3.63, 3.8) is 0 Å². The van der Waals surface area contributed by atoms with Gasteiger partial charge in [-0.2, -0.15) is 18.3 Å². The van der Waals surface area contributed by atoms with Crippen molar-refractivity contribution in [2.45, 2.75) is 25.7 Å². The summed E-state index contributed by atoms with van der Waals surface area (Å²) in [7, 11) is 0. The Kier molecular flexibility index (Phi) is 6.84. The van der Waals surface area contributed by atoms with Crippen molar-refractivity contribution in [1.29, 1.82) is 0 Å². The molecule has 182 valence electrons. The smallest absolute Gasteiger partial charge is 0.415 e. The molecule has 1 amide bonds. The Bertz CT molecular complexity index is 1380. The fourth-order valence-corrected chi connectivity index (χ4v) is 3.39. The maximum atomic E-state index is 13.5. The van der Waals surface area contributed by atoms with Crippen LogP contribution in [0.1, 0.15) is 18.2 Å². The molecule has 0 aliphatic rings. The first-order valence-electron chi connectivity index (χ1n) is 10.1. The lowest BCUT2D eigenvalue weighted by atomic mass is 10.2. The number of halogens is 5. The zero-order valence-corrected chi connectivity index (χ0v) is 19.5. The molecule has 0 unspecified atom stereocenters. The molecular weight excluding hydrogens is 508 g/mol. The number of carbonyl (C=O) groups is 1. The Labute approximate surface area is 206 Å². The van der Waals surface area contributed by atoms with E-state index in [4.69, 9.17) is 33.4 Å². The van der Waals surface area contributed by atoms with E-state index in [0.717, 1.165) is 10.7 Å². The molecule has 0 saturated heterocycles. The number of rotatable bonds is 6. The lowest BCUT2D eigenvalue weighted by Gasteiger charge is -2.10. The number of nitrogens with zero attached hydrogens (tertiary/aromatic N) is 4. The third-order valence-corrected chi connectivity index (χ3v) is 5.58. The zero-order chi connectivity index (χ0) is 25.3. The van der Waals surface area contributed by atoms with Gasteiger partial charge in [0.1, 0.15) is 5.69 Å². The summed E-state index contributed by atoms with van der Waals surface area (Å²) in [6, 6.07) is 11.2. The van der Waals surface area contributed by atoms with E-state index >= 15 is 0 Å². The van der Waals surface area contributed by atoms with E-state index in [1.165, 1.54) is 19.1 Å². The molecule has 0 aliphatic carbocycles. The third kappa shape index (κ3) is 5.47. The van der Waals surface area contributed by atoms with Crippen molar-refractivity contribution in [2.24, 2.45) is 5.73 Å². The van der Waals surface area contributed by atoms with Crippen LogP contribution in [0, 0.1) is 0 Å². The molecule has 3 N–H and O–H groups in total. The third-order valence-electron chi connectivity index (χ3n) is 4.85. The van der Waals surface area contributed by atoms with Crippen LogP contribution >= 0.6 is 23.2 Å². The zero-order valence-electron chi connectivity index (χ0n) is 18.0. The van der Waals surface area contributed by atoms with Gasteiger partial charge >= 0.3 is 6.18 Å². The Morgan fingerprint density at radius 2 is 1.86 bits per heavy atom. The first-order valence-corrected chi connectivity index (χ1v) is 10.9. The molecule has 35 heavy (non-hydrogen) atoms. The van der Waals surface area contributed by atoms with Crippen LogP contribution in [-0.4, -0.2) is 31.9 Å². The molecule has 8 nitrogen and oxygen atoms in total. The summed E-state index contributed by atoms with van der Waals surface area (Å²) in [6.45, 7) is 1.66. The Hall–Kier alpha value is -3.41. The van der Waals surface area contributed by atoms with Gasteiger partial charge in [0.25, 0.3) is 5.89 Å². The predicted octanol–water partition coefficient (Wildman–Crippen LogP) is 4.88. The summed E-state index contributed by atoms with van der Waals surface area (Å²) in [5, 5.41) is 14.8. The summed E-state index contributed by atoms with van der Waals surface area (Å²) >= 11 is 12.0. The molecular formula is C22H17Cl2F3N6O2. The number of alkyl halides is 3. The molecule has 13 heteroatoms. The highest BCUT2D eigenvalue weighted by molar-refractivity contribution is 6.42. The second-order valence-corrected chi connectivity index (χ2v) is 8.36. The molecule has 2 heterocycles. The van der Waals surface area contributed by atoms with E-state index in [1.807, 2.05) is 0 Å². The van der Waals surface area contributed by atoms with E-state index in [0.29, 0.717) is 16.1 Å². The van der Waals surface area contributed by atoms with Crippen molar-refractivity contribution in [1.82, 2.24) is 25.3 Å². The highest BCUT2D eigenvalue weighted by Gasteiger charge is 2.36. The highest BCUT2D eigenvalue weighted by Crippen LogP contribution is 2.34. The molecule has 4 aromatic rings. The van der Waals surface area contributed by atoms with E-state index < -0.39 is 17.9 Å². The SMILES string of the molecule is C[C@H](N)C(=O)NCc1cccc(-n2nc(C(F)(F)F)cc2-c2nnc(-c3ccc(Cl)c(Cl)c3)o2)c1. The van der Waals surface area contributed by atoms with Crippen LogP contribution in [0.4, 0.5) is 13.2 Å². The van der Waals surface area contributed by atoms with Gasteiger partial charge in [0, 0.05) is 18.2 Å². The molecule has 0 aliphatic heterocycles. The van der Waals surface area contributed by atoms with Crippen molar-refractivity contribution in [3.05, 3.63) is 69.8 Å². The molecule has 2 aromatic carbocycles. The normalized spacial score (nSPS) is 12.5. The molecule has 4 rings (SSSR count). The summed E-state index contributed by atoms with van der Waals surface area (Å²) < 4.78 is 47.2. The lowest BCUT2D eigenvalue weighted by Crippen LogP contribution is -2.37. The standard InChI is InChI=1S/C22H17Cl2F3N6O2/c1-11(28)19(34)29-10-12-3-2-4-14(7-12)33-17(9-18(32-33)22(25,26)27)21-31-30-20(35-21)13-5-6-15(23)16(24)8-13/h2-9,11H,10,28H2,1H3,(H,29,34)/t11-/m0/s1. The van der Waals surface area contributed by atoms with Crippen LogP contribution in [0.2, 0.25) is 10.0 Å². The van der Waals surface area contributed by atoms with Crippen molar-refractivity contribution < 1.29 is 22.4 Å². The molecule has 0 fully saturated rings. The number of carbonyl (C=O) groups excluding carboxylic acids is 1. The summed E-state index contributed by atoms with van der Waals surface area (Å²) in [6.07, 6.45) is -4.71. The first-order chi connectivity index (χ1) is 16.5. The number of benzene rings is 2. The summed E-state index contributed by atoms with van der Waals surface area (Å²) in [5.41, 5.74) is 5.67. The fraction of sp³-hybridized carbons (Fsp3) is 0.182. The lowest BCUT2D eigenvalue weighted by molar-refractivity contribution is -0.141. The fourth-order valence-electron chi connectivity index (χ4n) is 3.09. The van der Waals surface area contributed by atoms with Crippen molar-refractivity contribution in [2.75, 3.05) is 0 Å². The minimum Gasteiger partial charge on any atom is -0.415 e. The van der Waals surface area contributed by atoms with Gasteiger partial charge in [0.05, 0.1) is 21.8 Å².